The van der Waals surface area contributed by atoms with E-state index in [1.807, 2.05) is 30.3 Å². The molecule has 2 aliphatic carbocycles. The summed E-state index contributed by atoms with van der Waals surface area (Å²) in [4.78, 5) is 26.1. The molecule has 11 nitrogen and oxygen atoms in total. The van der Waals surface area contributed by atoms with E-state index in [0.29, 0.717) is 36.0 Å². The number of nitrogens with zero attached hydrogens (tertiary/aromatic N) is 7. The largest absolute Gasteiger partial charge is 0.351 e. The Morgan fingerprint density at radius 2 is 1.90 bits per heavy atom. The monoisotopic (exact) mass is 555 g/mol. The van der Waals surface area contributed by atoms with Gasteiger partial charge in [-0.2, -0.15) is 10.2 Å². The van der Waals surface area contributed by atoms with Crippen molar-refractivity contribution in [2.45, 2.75) is 76.5 Å². The lowest BCUT2D eigenvalue weighted by Crippen LogP contribution is -2.36. The Balaban J connectivity index is 1.09. The summed E-state index contributed by atoms with van der Waals surface area (Å²) in [7, 11) is 5.08. The second-order valence-electron chi connectivity index (χ2n) is 10.7. The van der Waals surface area contributed by atoms with Gasteiger partial charge in [0.2, 0.25) is 11.9 Å². The molecule has 0 spiro atoms. The summed E-state index contributed by atoms with van der Waals surface area (Å²) in [5.41, 5.74) is 4.06. The molecule has 0 unspecified atom stereocenters. The highest BCUT2D eigenvalue weighted by Gasteiger charge is 2.27. The van der Waals surface area contributed by atoms with Crippen molar-refractivity contribution in [1.82, 2.24) is 39.9 Å². The molecule has 3 aromatic heterocycles. The normalized spacial score (nSPS) is 19.3. The highest BCUT2D eigenvalue weighted by Crippen LogP contribution is 2.37. The Bertz CT molecular complexity index is 1260. The fraction of sp³-hybridized carbons (Fsp3) is 0.593. The van der Waals surface area contributed by atoms with Crippen LogP contribution < -0.4 is 10.6 Å². The van der Waals surface area contributed by atoms with Gasteiger partial charge < -0.3 is 10.6 Å². The van der Waals surface area contributed by atoms with Gasteiger partial charge in [0.1, 0.15) is 0 Å². The number of carbonyl (C=O) groups is 1. The molecule has 0 atom stereocenters. The van der Waals surface area contributed by atoms with Crippen LogP contribution in [0.3, 0.4) is 0 Å². The van der Waals surface area contributed by atoms with Gasteiger partial charge in [-0.3, -0.25) is 19.0 Å². The number of carbonyl (C=O) groups excluding carboxylic acids is 1. The van der Waals surface area contributed by atoms with Crippen molar-refractivity contribution >= 4 is 23.5 Å². The maximum absolute atomic E-state index is 11.9. The molecular weight excluding hydrogens is 518 g/mol. The Morgan fingerprint density at radius 1 is 1.13 bits per heavy atom. The van der Waals surface area contributed by atoms with Crippen LogP contribution in [0.1, 0.15) is 56.2 Å². The first-order valence-electron chi connectivity index (χ1n) is 13.7. The molecule has 2 saturated carbocycles. The maximum Gasteiger partial charge on any atom is 0.247 e. The van der Waals surface area contributed by atoms with Gasteiger partial charge in [-0.1, -0.05) is 11.6 Å². The van der Waals surface area contributed by atoms with E-state index in [2.05, 4.69) is 25.8 Å². The van der Waals surface area contributed by atoms with Crippen molar-refractivity contribution < 1.29 is 9.63 Å². The first-order chi connectivity index (χ1) is 18.9. The molecule has 210 valence electrons. The molecule has 2 aliphatic rings. The molecule has 3 aromatic rings. The van der Waals surface area contributed by atoms with E-state index in [9.17, 15) is 4.79 Å². The molecule has 12 heteroatoms. The van der Waals surface area contributed by atoms with Gasteiger partial charge in [-0.15, -0.1) is 0 Å². The average Bonchev–Trinajstić information content (AvgIpc) is 3.54. The van der Waals surface area contributed by atoms with Crippen LogP contribution in [0.5, 0.6) is 0 Å². The number of anilines is 1. The topological polar surface area (TPSA) is 115 Å². The number of amides is 1. The van der Waals surface area contributed by atoms with E-state index in [1.54, 1.807) is 17.9 Å². The van der Waals surface area contributed by atoms with Crippen molar-refractivity contribution in [3.63, 3.8) is 0 Å². The number of hydrogen-bond donors (Lipinski definition) is 2. The zero-order valence-corrected chi connectivity index (χ0v) is 23.7. The summed E-state index contributed by atoms with van der Waals surface area (Å²) in [6.45, 7) is 1.28. The van der Waals surface area contributed by atoms with Crippen LogP contribution in [0.15, 0.2) is 24.8 Å². The first kappa shape index (κ1) is 27.5. The van der Waals surface area contributed by atoms with Crippen LogP contribution in [0.4, 0.5) is 5.95 Å². The van der Waals surface area contributed by atoms with E-state index in [4.69, 9.17) is 21.4 Å². The van der Waals surface area contributed by atoms with Crippen LogP contribution in [-0.2, 0) is 36.2 Å². The Labute approximate surface area is 234 Å². The number of hydroxylamine groups is 2. The first-order valence-corrected chi connectivity index (χ1v) is 14.1. The number of hydrogen-bond acceptors (Lipinski definition) is 8. The number of aromatic nitrogens is 6. The second-order valence-corrected chi connectivity index (χ2v) is 11.1. The minimum absolute atomic E-state index is 0.0753. The molecule has 0 radical (unpaired) electrons. The molecule has 1 amide bonds. The average molecular weight is 556 g/mol. The lowest BCUT2D eigenvalue weighted by Gasteiger charge is -2.29. The van der Waals surface area contributed by atoms with E-state index < -0.39 is 0 Å². The van der Waals surface area contributed by atoms with Gasteiger partial charge in [0.05, 0.1) is 36.4 Å². The quantitative estimate of drug-likeness (QED) is 0.326. The summed E-state index contributed by atoms with van der Waals surface area (Å²) in [6, 6.07) is 0.771. The predicted molar refractivity (Wildman–Crippen MR) is 149 cm³/mol. The second kappa shape index (κ2) is 12.4. The predicted octanol–water partition coefficient (Wildman–Crippen LogP) is 3.60. The van der Waals surface area contributed by atoms with Crippen molar-refractivity contribution in [3.8, 4) is 11.3 Å². The number of nitrogens with one attached hydrogen (secondary N) is 2. The van der Waals surface area contributed by atoms with Gasteiger partial charge >= 0.3 is 0 Å². The van der Waals surface area contributed by atoms with Crippen molar-refractivity contribution in [2.24, 2.45) is 13.0 Å². The summed E-state index contributed by atoms with van der Waals surface area (Å²) in [5, 5.41) is 17.9. The molecule has 3 heterocycles. The SMILES string of the molecule is CON(C)C(=O)CCn1cc(CNC2CCC(Nc3ncc(Cl)c(-c4cnn(C)c4CC4CC4)n3)CC2)cn1. The molecule has 0 aliphatic heterocycles. The van der Waals surface area contributed by atoms with Gasteiger partial charge in [-0.25, -0.2) is 15.0 Å². The van der Waals surface area contributed by atoms with Gasteiger partial charge in [0.15, 0.2) is 0 Å². The van der Waals surface area contributed by atoms with E-state index in [1.165, 1.54) is 30.7 Å². The maximum atomic E-state index is 11.9. The molecule has 39 heavy (non-hydrogen) atoms. The smallest absolute Gasteiger partial charge is 0.247 e. The zero-order valence-electron chi connectivity index (χ0n) is 22.9. The van der Waals surface area contributed by atoms with Crippen LogP contribution in [0, 0.1) is 5.92 Å². The standard InChI is InChI=1S/C27H38ClN9O2/c1-35-24(12-18-4-5-18)22(15-31-35)26-23(28)16-30-27(34-26)33-21-8-6-20(7-9-21)29-13-19-14-32-37(17-19)11-10-25(38)36(2)39-3/h14-18,20-21,29H,4-13H2,1-3H3,(H,30,33,34). The van der Waals surface area contributed by atoms with Crippen molar-refractivity contribution in [3.05, 3.63) is 41.1 Å². The van der Waals surface area contributed by atoms with Crippen LogP contribution in [-0.4, -0.2) is 66.7 Å². The molecular formula is C27H38ClN9O2. The Morgan fingerprint density at radius 3 is 2.64 bits per heavy atom. The van der Waals surface area contributed by atoms with Crippen molar-refractivity contribution in [2.75, 3.05) is 19.5 Å². The number of rotatable bonds is 12. The molecule has 0 bridgehead atoms. The number of halogens is 1. The number of aryl methyl sites for hydroxylation is 2. The Kier molecular flexibility index (Phi) is 8.79. The summed E-state index contributed by atoms with van der Waals surface area (Å²) < 4.78 is 3.75. The van der Waals surface area contributed by atoms with Crippen LogP contribution in [0.25, 0.3) is 11.3 Å². The summed E-state index contributed by atoms with van der Waals surface area (Å²) >= 11 is 6.54. The lowest BCUT2D eigenvalue weighted by molar-refractivity contribution is -0.168. The third-order valence-electron chi connectivity index (χ3n) is 7.76. The lowest BCUT2D eigenvalue weighted by atomic mass is 9.91. The van der Waals surface area contributed by atoms with Gasteiger partial charge in [0.25, 0.3) is 0 Å². The third kappa shape index (κ3) is 7.14. The molecule has 5 rings (SSSR count). The minimum Gasteiger partial charge on any atom is -0.351 e. The van der Waals surface area contributed by atoms with Crippen LogP contribution >= 0.6 is 11.6 Å². The molecule has 2 fully saturated rings. The molecule has 2 N–H and O–H groups in total. The zero-order chi connectivity index (χ0) is 27.4. The highest BCUT2D eigenvalue weighted by atomic mass is 35.5. The minimum atomic E-state index is -0.0753. The summed E-state index contributed by atoms with van der Waals surface area (Å²) in [6.07, 6.45) is 15.5. The van der Waals surface area contributed by atoms with Gasteiger partial charge in [-0.05, 0) is 50.9 Å². The Hall–Kier alpha value is -3.02. The van der Waals surface area contributed by atoms with Crippen molar-refractivity contribution in [1.29, 1.82) is 0 Å². The van der Waals surface area contributed by atoms with E-state index >= 15 is 0 Å². The van der Waals surface area contributed by atoms with E-state index in [0.717, 1.165) is 61.4 Å². The molecule has 0 aromatic carbocycles. The fourth-order valence-electron chi connectivity index (χ4n) is 5.10. The fourth-order valence-corrected chi connectivity index (χ4v) is 5.29. The van der Waals surface area contributed by atoms with Crippen LogP contribution in [0.2, 0.25) is 5.02 Å². The molecule has 0 saturated heterocycles. The highest BCUT2D eigenvalue weighted by molar-refractivity contribution is 6.32. The summed E-state index contributed by atoms with van der Waals surface area (Å²) in [5.74, 6) is 1.29. The third-order valence-corrected chi connectivity index (χ3v) is 8.04. The van der Waals surface area contributed by atoms with Gasteiger partial charge in [0, 0.05) is 68.7 Å². The van der Waals surface area contributed by atoms with E-state index in [-0.39, 0.29) is 5.91 Å².